The van der Waals surface area contributed by atoms with Crippen molar-refractivity contribution in [3.8, 4) is 0 Å². The zero-order valence-electron chi connectivity index (χ0n) is 9.85. The van der Waals surface area contributed by atoms with Gasteiger partial charge >= 0.3 is 6.18 Å². The lowest BCUT2D eigenvalue weighted by atomic mass is 10.2. The Morgan fingerprint density at radius 3 is 2.33 bits per heavy atom. The summed E-state index contributed by atoms with van der Waals surface area (Å²) in [6.45, 7) is 1.94. The van der Waals surface area contributed by atoms with E-state index in [4.69, 9.17) is 17.3 Å². The van der Waals surface area contributed by atoms with Gasteiger partial charge in [-0.3, -0.25) is 0 Å². The molecule has 0 aliphatic carbocycles. The van der Waals surface area contributed by atoms with Crippen LogP contribution in [0, 0.1) is 5.82 Å². The smallest absolute Gasteiger partial charge is 0.397 e. The third-order valence-corrected chi connectivity index (χ3v) is 2.64. The van der Waals surface area contributed by atoms with E-state index in [1.807, 2.05) is 0 Å². The van der Waals surface area contributed by atoms with Gasteiger partial charge in [-0.2, -0.15) is 13.2 Å². The van der Waals surface area contributed by atoms with Crippen LogP contribution in [0.3, 0.4) is 0 Å². The molecule has 0 bridgehead atoms. The van der Waals surface area contributed by atoms with E-state index in [1.54, 1.807) is 13.8 Å². The van der Waals surface area contributed by atoms with Gasteiger partial charge in [0.25, 0.3) is 0 Å². The molecular formula is C11H13ClF4N2. The molecule has 0 saturated heterocycles. The molecule has 0 fully saturated rings. The van der Waals surface area contributed by atoms with E-state index in [9.17, 15) is 17.6 Å². The summed E-state index contributed by atoms with van der Waals surface area (Å²) in [4.78, 5) is 0.981. The van der Waals surface area contributed by atoms with Crippen LogP contribution in [-0.4, -0.2) is 18.8 Å². The van der Waals surface area contributed by atoms with E-state index in [-0.39, 0.29) is 16.4 Å². The van der Waals surface area contributed by atoms with Crippen molar-refractivity contribution < 1.29 is 17.6 Å². The molecule has 1 rings (SSSR count). The molecule has 0 aliphatic heterocycles. The number of alkyl halides is 3. The molecule has 7 heteroatoms. The maximum atomic E-state index is 13.3. The summed E-state index contributed by atoms with van der Waals surface area (Å²) in [7, 11) is 0. The highest BCUT2D eigenvalue weighted by Crippen LogP contribution is 2.32. The molecule has 0 atom stereocenters. The first kappa shape index (κ1) is 14.9. The number of nitrogen functional groups attached to an aromatic ring is 1. The van der Waals surface area contributed by atoms with Gasteiger partial charge in [-0.1, -0.05) is 11.6 Å². The van der Waals surface area contributed by atoms with Gasteiger partial charge in [0, 0.05) is 12.1 Å². The fourth-order valence-electron chi connectivity index (χ4n) is 1.54. The van der Waals surface area contributed by atoms with Gasteiger partial charge in [0.15, 0.2) is 0 Å². The van der Waals surface area contributed by atoms with Crippen molar-refractivity contribution in [3.63, 3.8) is 0 Å². The van der Waals surface area contributed by atoms with Crippen LogP contribution in [0.2, 0.25) is 5.02 Å². The fourth-order valence-corrected chi connectivity index (χ4v) is 1.71. The van der Waals surface area contributed by atoms with Crippen LogP contribution < -0.4 is 10.6 Å². The van der Waals surface area contributed by atoms with Crippen LogP contribution >= 0.6 is 11.6 Å². The number of benzene rings is 1. The predicted molar refractivity (Wildman–Crippen MR) is 64.4 cm³/mol. The van der Waals surface area contributed by atoms with Gasteiger partial charge in [0.05, 0.1) is 16.4 Å². The minimum Gasteiger partial charge on any atom is -0.397 e. The largest absolute Gasteiger partial charge is 0.405 e. The molecular weight excluding hydrogens is 272 g/mol. The molecule has 0 unspecified atom stereocenters. The van der Waals surface area contributed by atoms with Crippen LogP contribution in [-0.2, 0) is 0 Å². The van der Waals surface area contributed by atoms with Gasteiger partial charge in [0.2, 0.25) is 0 Å². The normalized spacial score (nSPS) is 12.0. The SMILES string of the molecule is CC(C)N(CC(F)(F)F)c1cc(F)c(Cl)cc1N. The number of hydrogen-bond acceptors (Lipinski definition) is 2. The monoisotopic (exact) mass is 284 g/mol. The van der Waals surface area contributed by atoms with Gasteiger partial charge in [-0.15, -0.1) is 0 Å². The number of anilines is 2. The highest BCUT2D eigenvalue weighted by molar-refractivity contribution is 6.31. The van der Waals surface area contributed by atoms with E-state index in [0.29, 0.717) is 0 Å². The first-order valence-corrected chi connectivity index (χ1v) is 5.57. The maximum absolute atomic E-state index is 13.3. The highest BCUT2D eigenvalue weighted by Gasteiger charge is 2.33. The second-order valence-corrected chi connectivity index (χ2v) is 4.57. The van der Waals surface area contributed by atoms with Crippen molar-refractivity contribution in [1.29, 1.82) is 0 Å². The quantitative estimate of drug-likeness (QED) is 0.675. The first-order valence-electron chi connectivity index (χ1n) is 5.19. The standard InChI is InChI=1S/C11H13ClF4N2/c1-6(2)18(5-11(14,15)16)10-4-8(13)7(12)3-9(10)17/h3-4,6H,5,17H2,1-2H3. The summed E-state index contributed by atoms with van der Waals surface area (Å²) < 4.78 is 50.7. The first-order chi connectivity index (χ1) is 8.11. The molecule has 2 nitrogen and oxygen atoms in total. The Balaban J connectivity index is 3.18. The maximum Gasteiger partial charge on any atom is 0.405 e. The summed E-state index contributed by atoms with van der Waals surface area (Å²) in [6.07, 6.45) is -4.40. The van der Waals surface area contributed by atoms with Gasteiger partial charge < -0.3 is 10.6 Å². The lowest BCUT2D eigenvalue weighted by molar-refractivity contribution is -0.120. The summed E-state index contributed by atoms with van der Waals surface area (Å²) in [5, 5.41) is -0.216. The molecule has 0 aromatic heterocycles. The molecule has 0 radical (unpaired) electrons. The molecule has 0 amide bonds. The second-order valence-electron chi connectivity index (χ2n) is 4.16. The van der Waals surface area contributed by atoms with Gasteiger partial charge in [-0.05, 0) is 19.9 Å². The van der Waals surface area contributed by atoms with E-state index < -0.39 is 24.6 Å². The third-order valence-electron chi connectivity index (χ3n) is 2.35. The Hall–Kier alpha value is -1.17. The zero-order valence-corrected chi connectivity index (χ0v) is 10.6. The van der Waals surface area contributed by atoms with E-state index in [1.165, 1.54) is 0 Å². The van der Waals surface area contributed by atoms with E-state index in [0.717, 1.165) is 17.0 Å². The molecule has 0 aliphatic rings. The lowest BCUT2D eigenvalue weighted by Crippen LogP contribution is -2.39. The number of nitrogens with two attached hydrogens (primary N) is 1. The molecule has 2 N–H and O–H groups in total. The Labute approximate surface area is 107 Å². The number of nitrogens with zero attached hydrogens (tertiary/aromatic N) is 1. The summed E-state index contributed by atoms with van der Waals surface area (Å²) >= 11 is 5.51. The van der Waals surface area contributed by atoms with Crippen molar-refractivity contribution in [3.05, 3.63) is 23.0 Å². The Kier molecular flexibility index (Phi) is 4.32. The third kappa shape index (κ3) is 3.66. The van der Waals surface area contributed by atoms with Crippen molar-refractivity contribution in [1.82, 2.24) is 0 Å². The zero-order chi connectivity index (χ0) is 14.1. The molecule has 102 valence electrons. The van der Waals surface area contributed by atoms with Crippen LogP contribution in [0.5, 0.6) is 0 Å². The molecule has 1 aromatic rings. The van der Waals surface area contributed by atoms with Crippen molar-refractivity contribution in [2.45, 2.75) is 26.1 Å². The average Bonchev–Trinajstić information content (AvgIpc) is 2.19. The molecule has 18 heavy (non-hydrogen) atoms. The second kappa shape index (κ2) is 5.22. The predicted octanol–water partition coefficient (Wildman–Crippen LogP) is 3.84. The summed E-state index contributed by atoms with van der Waals surface area (Å²) in [5.41, 5.74) is 5.59. The summed E-state index contributed by atoms with van der Waals surface area (Å²) in [6, 6.07) is 1.55. The molecule has 1 aromatic carbocycles. The minimum atomic E-state index is -4.40. The van der Waals surface area contributed by atoms with Crippen LogP contribution in [0.4, 0.5) is 28.9 Å². The lowest BCUT2D eigenvalue weighted by Gasteiger charge is -2.31. The van der Waals surface area contributed by atoms with Crippen LogP contribution in [0.1, 0.15) is 13.8 Å². The van der Waals surface area contributed by atoms with Crippen LogP contribution in [0.15, 0.2) is 12.1 Å². The van der Waals surface area contributed by atoms with Gasteiger partial charge in [0.1, 0.15) is 12.4 Å². The highest BCUT2D eigenvalue weighted by atomic mass is 35.5. The topological polar surface area (TPSA) is 29.3 Å². The van der Waals surface area contributed by atoms with Crippen molar-refractivity contribution in [2.75, 3.05) is 17.2 Å². The minimum absolute atomic E-state index is 0.00998. The van der Waals surface area contributed by atoms with Gasteiger partial charge in [-0.25, -0.2) is 4.39 Å². The number of halogens is 5. The molecule has 0 saturated carbocycles. The van der Waals surface area contributed by atoms with E-state index in [2.05, 4.69) is 0 Å². The Morgan fingerprint density at radius 1 is 1.33 bits per heavy atom. The average molecular weight is 285 g/mol. The fraction of sp³-hybridized carbons (Fsp3) is 0.455. The number of rotatable bonds is 3. The molecule has 0 spiro atoms. The molecule has 0 heterocycles. The van der Waals surface area contributed by atoms with E-state index >= 15 is 0 Å². The van der Waals surface area contributed by atoms with Crippen molar-refractivity contribution in [2.24, 2.45) is 0 Å². The van der Waals surface area contributed by atoms with Crippen LogP contribution in [0.25, 0.3) is 0 Å². The summed E-state index contributed by atoms with van der Waals surface area (Å²) in [5.74, 6) is -0.798. The van der Waals surface area contributed by atoms with Crippen molar-refractivity contribution >= 4 is 23.0 Å². The number of hydrogen-bond donors (Lipinski definition) is 1. The Bertz CT molecular complexity index is 432. The Morgan fingerprint density at radius 2 is 1.89 bits per heavy atom.